The Morgan fingerprint density at radius 3 is 2.21 bits per heavy atom. The van der Waals surface area contributed by atoms with Crippen molar-refractivity contribution in [1.29, 1.82) is 0 Å². The molecule has 14 heavy (non-hydrogen) atoms. The van der Waals surface area contributed by atoms with E-state index >= 15 is 0 Å². The van der Waals surface area contributed by atoms with Crippen LogP contribution in [0.4, 0.5) is 0 Å². The highest BCUT2D eigenvalue weighted by molar-refractivity contribution is 5.95. The number of carbonyl (C=O) groups is 1. The Kier molecular flexibility index (Phi) is 11.3. The molecule has 0 amide bonds. The van der Waals surface area contributed by atoms with Crippen molar-refractivity contribution in [2.75, 3.05) is 0 Å². The van der Waals surface area contributed by atoms with Crippen LogP contribution in [0.1, 0.15) is 41.0 Å². The van der Waals surface area contributed by atoms with Crippen molar-refractivity contribution in [2.45, 2.75) is 47.1 Å². The van der Waals surface area contributed by atoms with Crippen molar-refractivity contribution >= 4 is 5.78 Å². The highest BCUT2D eigenvalue weighted by Crippen LogP contribution is 2.00. The van der Waals surface area contributed by atoms with Crippen LogP contribution in [0.2, 0.25) is 0 Å². The highest BCUT2D eigenvalue weighted by Gasteiger charge is 1.96. The maximum Gasteiger partial charge on any atom is 0.159 e. The van der Waals surface area contributed by atoms with Crippen molar-refractivity contribution in [1.82, 2.24) is 0 Å². The third-order valence-electron chi connectivity index (χ3n) is 1.52. The molecule has 0 bridgehead atoms. The monoisotopic (exact) mass is 197 g/mol. The Balaban J connectivity index is 0. The lowest BCUT2D eigenvalue weighted by Gasteiger charge is -1.98. The van der Waals surface area contributed by atoms with E-state index in [0.29, 0.717) is 0 Å². The summed E-state index contributed by atoms with van der Waals surface area (Å²) in [6.07, 6.45) is 6.37. The molecule has 0 heterocycles. The van der Waals surface area contributed by atoms with Gasteiger partial charge in [0.05, 0.1) is 0 Å². The lowest BCUT2D eigenvalue weighted by molar-refractivity contribution is -0.113. The molecule has 0 spiro atoms. The quantitative estimate of drug-likeness (QED) is 0.556. The predicted molar refractivity (Wildman–Crippen MR) is 63.2 cm³/mol. The van der Waals surface area contributed by atoms with Gasteiger partial charge in [0.15, 0.2) is 5.78 Å². The molecule has 2 nitrogen and oxygen atoms in total. The van der Waals surface area contributed by atoms with E-state index in [1.54, 1.807) is 13.0 Å². The van der Waals surface area contributed by atoms with E-state index < -0.39 is 0 Å². The van der Waals surface area contributed by atoms with Crippen molar-refractivity contribution in [3.8, 4) is 0 Å². The number of rotatable bonds is 4. The van der Waals surface area contributed by atoms with E-state index in [1.807, 2.05) is 39.8 Å². The summed E-state index contributed by atoms with van der Waals surface area (Å²) < 4.78 is 0. The van der Waals surface area contributed by atoms with Gasteiger partial charge in [-0.2, -0.15) is 0 Å². The van der Waals surface area contributed by atoms with E-state index in [-0.39, 0.29) is 11.8 Å². The summed E-state index contributed by atoms with van der Waals surface area (Å²) in [7, 11) is 0. The van der Waals surface area contributed by atoms with Gasteiger partial charge in [-0.3, -0.25) is 4.79 Å². The molecular formula is C12H23NO. The van der Waals surface area contributed by atoms with E-state index in [2.05, 4.69) is 0 Å². The topological polar surface area (TPSA) is 43.1 Å². The molecule has 0 radical (unpaired) electrons. The summed E-state index contributed by atoms with van der Waals surface area (Å²) >= 11 is 0. The zero-order chi connectivity index (χ0) is 11.6. The molecule has 0 aliphatic heterocycles. The van der Waals surface area contributed by atoms with Gasteiger partial charge in [-0.25, -0.2) is 0 Å². The molecule has 82 valence electrons. The summed E-state index contributed by atoms with van der Waals surface area (Å²) in [5.41, 5.74) is 6.29. The molecule has 2 heteroatoms. The first-order valence-electron chi connectivity index (χ1n) is 5.17. The SMILES string of the molecule is C/C=C(\C=C/C[C@H](C)N)C(C)=O.CC. The number of carbonyl (C=O) groups excluding carboxylic acids is 1. The number of nitrogens with two attached hydrogens (primary N) is 1. The molecule has 2 N–H and O–H groups in total. The molecule has 0 rings (SSSR count). The van der Waals surface area contributed by atoms with Gasteiger partial charge in [-0.05, 0) is 27.2 Å². The first-order valence-corrected chi connectivity index (χ1v) is 5.17. The molecule has 0 saturated carbocycles. The first-order chi connectivity index (χ1) is 6.57. The normalized spacial score (nSPS) is 13.4. The van der Waals surface area contributed by atoms with Crippen molar-refractivity contribution < 1.29 is 4.79 Å². The number of Topliss-reactive ketones (excluding diaryl/α,β-unsaturated/α-hetero) is 1. The fraction of sp³-hybridized carbons (Fsp3) is 0.583. The molecule has 0 aromatic carbocycles. The second-order valence-corrected chi connectivity index (χ2v) is 2.92. The summed E-state index contributed by atoms with van der Waals surface area (Å²) in [6.45, 7) is 9.35. The summed E-state index contributed by atoms with van der Waals surface area (Å²) in [4.78, 5) is 10.9. The molecular weight excluding hydrogens is 174 g/mol. The summed E-state index contributed by atoms with van der Waals surface area (Å²) in [6, 6.07) is 0.159. The Hall–Kier alpha value is -0.890. The molecule has 0 aromatic rings. The van der Waals surface area contributed by atoms with E-state index in [0.717, 1.165) is 12.0 Å². The average Bonchev–Trinajstić information content (AvgIpc) is 2.14. The number of hydrogen-bond donors (Lipinski definition) is 1. The maximum atomic E-state index is 10.9. The Morgan fingerprint density at radius 1 is 1.43 bits per heavy atom. The minimum Gasteiger partial charge on any atom is -0.328 e. The van der Waals surface area contributed by atoms with Gasteiger partial charge in [-0.15, -0.1) is 0 Å². The van der Waals surface area contributed by atoms with Crippen LogP contribution in [0, 0.1) is 0 Å². The van der Waals surface area contributed by atoms with Crippen molar-refractivity contribution in [3.05, 3.63) is 23.8 Å². The van der Waals surface area contributed by atoms with Crippen LogP contribution in [-0.2, 0) is 4.79 Å². The maximum absolute atomic E-state index is 10.9. The fourth-order valence-corrected chi connectivity index (χ4v) is 0.827. The molecule has 0 fully saturated rings. The molecule has 0 aromatic heterocycles. The number of ketones is 1. The van der Waals surface area contributed by atoms with Gasteiger partial charge in [0, 0.05) is 11.6 Å². The molecule has 0 aliphatic rings. The van der Waals surface area contributed by atoms with Gasteiger partial charge in [0.25, 0.3) is 0 Å². The standard InChI is InChI=1S/C10H17NO.C2H6/c1-4-10(9(3)12)7-5-6-8(2)11;1-2/h4-5,7-8H,6,11H2,1-3H3;1-2H3/b7-5-,10-4+;/t8-;/m0./s1. The fourth-order valence-electron chi connectivity index (χ4n) is 0.827. The van der Waals surface area contributed by atoms with Crippen LogP contribution < -0.4 is 5.73 Å². The zero-order valence-electron chi connectivity index (χ0n) is 10.0. The molecule has 0 aliphatic carbocycles. The van der Waals surface area contributed by atoms with Gasteiger partial charge in [-0.1, -0.05) is 32.1 Å². The minimum atomic E-state index is 0.0958. The summed E-state index contributed by atoms with van der Waals surface area (Å²) in [5, 5.41) is 0. The van der Waals surface area contributed by atoms with Crippen molar-refractivity contribution in [2.24, 2.45) is 5.73 Å². The Bertz CT molecular complexity index is 202. The third-order valence-corrected chi connectivity index (χ3v) is 1.52. The van der Waals surface area contributed by atoms with Crippen LogP contribution in [0.15, 0.2) is 23.8 Å². The first kappa shape index (κ1) is 15.6. The van der Waals surface area contributed by atoms with Gasteiger partial charge >= 0.3 is 0 Å². The van der Waals surface area contributed by atoms with E-state index in [9.17, 15) is 4.79 Å². The lowest BCUT2D eigenvalue weighted by Crippen LogP contribution is -2.12. The molecule has 0 saturated heterocycles. The zero-order valence-corrected chi connectivity index (χ0v) is 10.0. The largest absolute Gasteiger partial charge is 0.328 e. The highest BCUT2D eigenvalue weighted by atomic mass is 16.1. The van der Waals surface area contributed by atoms with Crippen molar-refractivity contribution in [3.63, 3.8) is 0 Å². The van der Waals surface area contributed by atoms with Crippen LogP contribution in [0.5, 0.6) is 0 Å². The minimum absolute atomic E-state index is 0.0958. The van der Waals surface area contributed by atoms with Crippen LogP contribution >= 0.6 is 0 Å². The van der Waals surface area contributed by atoms with E-state index in [1.165, 1.54) is 0 Å². The van der Waals surface area contributed by atoms with Crippen LogP contribution in [0.3, 0.4) is 0 Å². The predicted octanol–water partition coefficient (Wildman–Crippen LogP) is 2.84. The second-order valence-electron chi connectivity index (χ2n) is 2.92. The van der Waals surface area contributed by atoms with Gasteiger partial charge in [0.2, 0.25) is 0 Å². The van der Waals surface area contributed by atoms with E-state index in [4.69, 9.17) is 5.73 Å². The van der Waals surface area contributed by atoms with Crippen LogP contribution in [0.25, 0.3) is 0 Å². The molecule has 1 atom stereocenters. The third kappa shape index (κ3) is 9.20. The number of allylic oxidation sites excluding steroid dienone is 3. The smallest absolute Gasteiger partial charge is 0.159 e. The number of hydrogen-bond acceptors (Lipinski definition) is 2. The van der Waals surface area contributed by atoms with Gasteiger partial charge in [0.1, 0.15) is 0 Å². The van der Waals surface area contributed by atoms with Gasteiger partial charge < -0.3 is 5.73 Å². The van der Waals surface area contributed by atoms with Crippen LogP contribution in [-0.4, -0.2) is 11.8 Å². The molecule has 0 unspecified atom stereocenters. The second kappa shape index (κ2) is 10.2. The average molecular weight is 197 g/mol. The Morgan fingerprint density at radius 2 is 1.93 bits per heavy atom. The Labute approximate surface area is 87.9 Å². The summed E-state index contributed by atoms with van der Waals surface area (Å²) in [5.74, 6) is 0.0958. The lowest BCUT2D eigenvalue weighted by atomic mass is 10.1.